The van der Waals surface area contributed by atoms with Gasteiger partial charge in [-0.3, -0.25) is 9.88 Å². The fraction of sp³-hybridized carbons (Fsp3) is 0.421. The molecule has 2 aromatic rings. The summed E-state index contributed by atoms with van der Waals surface area (Å²) in [6.45, 7) is 7.17. The Hall–Kier alpha value is -1.87. The van der Waals surface area contributed by atoms with Gasteiger partial charge in [0.25, 0.3) is 0 Å². The van der Waals surface area contributed by atoms with E-state index in [1.807, 2.05) is 13.1 Å². The second-order valence-corrected chi connectivity index (χ2v) is 6.13. The molecule has 3 heteroatoms. The van der Waals surface area contributed by atoms with Crippen LogP contribution in [0.25, 0.3) is 0 Å². The molecule has 1 aliphatic rings. The van der Waals surface area contributed by atoms with E-state index in [-0.39, 0.29) is 0 Å². The molecule has 0 saturated carbocycles. The summed E-state index contributed by atoms with van der Waals surface area (Å²) in [6, 6.07) is 8.80. The highest BCUT2D eigenvalue weighted by Gasteiger charge is 2.17. The lowest BCUT2D eigenvalue weighted by molar-refractivity contribution is 0.256. The van der Waals surface area contributed by atoms with Crippen molar-refractivity contribution < 1.29 is 4.74 Å². The van der Waals surface area contributed by atoms with Crippen molar-refractivity contribution in [2.75, 3.05) is 13.7 Å². The maximum absolute atomic E-state index is 5.53. The highest BCUT2D eigenvalue weighted by atomic mass is 16.5. The van der Waals surface area contributed by atoms with Crippen molar-refractivity contribution in [3.05, 3.63) is 58.4 Å². The number of hydrogen-bond acceptors (Lipinski definition) is 3. The second kappa shape index (κ2) is 6.49. The van der Waals surface area contributed by atoms with Crippen LogP contribution in [0.5, 0.6) is 5.75 Å². The van der Waals surface area contributed by atoms with Gasteiger partial charge in [0.15, 0.2) is 0 Å². The van der Waals surface area contributed by atoms with Crippen LogP contribution >= 0.6 is 0 Å². The van der Waals surface area contributed by atoms with E-state index in [9.17, 15) is 0 Å². The minimum Gasteiger partial charge on any atom is -0.496 e. The number of nitrogens with zero attached hydrogens (tertiary/aromatic N) is 2. The maximum atomic E-state index is 5.53. The zero-order valence-electron chi connectivity index (χ0n) is 13.7. The molecule has 0 radical (unpaired) electrons. The van der Waals surface area contributed by atoms with E-state index < -0.39 is 0 Å². The lowest BCUT2D eigenvalue weighted by Gasteiger charge is -2.22. The molecular formula is C19H24N2O. The number of pyridine rings is 1. The van der Waals surface area contributed by atoms with Crippen molar-refractivity contribution in [1.29, 1.82) is 0 Å². The van der Waals surface area contributed by atoms with Crippen LogP contribution < -0.4 is 4.74 Å². The monoisotopic (exact) mass is 296 g/mol. The van der Waals surface area contributed by atoms with Gasteiger partial charge in [0, 0.05) is 30.4 Å². The zero-order valence-corrected chi connectivity index (χ0v) is 13.7. The lowest BCUT2D eigenvalue weighted by Crippen LogP contribution is -2.24. The van der Waals surface area contributed by atoms with Crippen LogP contribution in [0, 0.1) is 13.8 Å². The summed E-state index contributed by atoms with van der Waals surface area (Å²) in [5.74, 6) is 0.972. The fourth-order valence-corrected chi connectivity index (χ4v) is 3.35. The Morgan fingerprint density at radius 3 is 2.73 bits per heavy atom. The molecule has 1 aliphatic heterocycles. The first-order valence-electron chi connectivity index (χ1n) is 7.97. The van der Waals surface area contributed by atoms with Gasteiger partial charge in [-0.15, -0.1) is 0 Å². The summed E-state index contributed by atoms with van der Waals surface area (Å²) in [5.41, 5.74) is 6.35. The molecule has 0 fully saturated rings. The first kappa shape index (κ1) is 15.0. The topological polar surface area (TPSA) is 25.4 Å². The molecule has 0 amide bonds. The Morgan fingerprint density at radius 2 is 1.95 bits per heavy atom. The lowest BCUT2D eigenvalue weighted by atomic mass is 10.0. The SMILES string of the molecule is COc1c(C)cnc(CN2CCCc3ccccc3C2)c1C. The van der Waals surface area contributed by atoms with Crippen molar-refractivity contribution in [3.63, 3.8) is 0 Å². The predicted molar refractivity (Wildman–Crippen MR) is 89.1 cm³/mol. The molecule has 0 aliphatic carbocycles. The van der Waals surface area contributed by atoms with E-state index in [1.54, 1.807) is 7.11 Å². The highest BCUT2D eigenvalue weighted by molar-refractivity contribution is 5.41. The number of aryl methyl sites for hydroxylation is 2. The molecule has 3 nitrogen and oxygen atoms in total. The Kier molecular flexibility index (Phi) is 4.44. The number of rotatable bonds is 3. The maximum Gasteiger partial charge on any atom is 0.128 e. The van der Waals surface area contributed by atoms with E-state index >= 15 is 0 Å². The third-order valence-electron chi connectivity index (χ3n) is 4.56. The Labute approximate surface area is 132 Å². The van der Waals surface area contributed by atoms with Gasteiger partial charge in [0.05, 0.1) is 12.8 Å². The van der Waals surface area contributed by atoms with Crippen LogP contribution in [0.15, 0.2) is 30.5 Å². The standard InChI is InChI=1S/C19H24N2O/c1-14-11-20-18(15(2)19(14)22-3)13-21-10-6-9-16-7-4-5-8-17(16)12-21/h4-5,7-8,11H,6,9-10,12-13H2,1-3H3. The predicted octanol–water partition coefficient (Wildman–Crippen LogP) is 3.66. The average Bonchev–Trinajstić information content (AvgIpc) is 2.72. The Morgan fingerprint density at radius 1 is 1.18 bits per heavy atom. The smallest absolute Gasteiger partial charge is 0.128 e. The van der Waals surface area contributed by atoms with Crippen LogP contribution in [0.1, 0.15) is 34.4 Å². The van der Waals surface area contributed by atoms with Crippen LogP contribution in [-0.2, 0) is 19.5 Å². The molecule has 1 aromatic heterocycles. The summed E-state index contributed by atoms with van der Waals surface area (Å²) < 4.78 is 5.53. The molecular weight excluding hydrogens is 272 g/mol. The third kappa shape index (κ3) is 3.00. The summed E-state index contributed by atoms with van der Waals surface area (Å²) in [7, 11) is 1.74. The van der Waals surface area contributed by atoms with Gasteiger partial charge in [-0.2, -0.15) is 0 Å². The fourth-order valence-electron chi connectivity index (χ4n) is 3.35. The van der Waals surface area contributed by atoms with Crippen LogP contribution in [0.3, 0.4) is 0 Å². The Bertz CT molecular complexity index is 666. The zero-order chi connectivity index (χ0) is 15.5. The van der Waals surface area contributed by atoms with Crippen molar-refractivity contribution >= 4 is 0 Å². The molecule has 0 unspecified atom stereocenters. The normalized spacial score (nSPS) is 15.2. The molecule has 0 spiro atoms. The minimum absolute atomic E-state index is 0.886. The molecule has 0 N–H and O–H groups in total. The van der Waals surface area contributed by atoms with Gasteiger partial charge in [-0.05, 0) is 44.4 Å². The van der Waals surface area contributed by atoms with Gasteiger partial charge < -0.3 is 4.74 Å². The van der Waals surface area contributed by atoms with E-state index in [1.165, 1.54) is 29.5 Å². The summed E-state index contributed by atoms with van der Waals surface area (Å²) in [6.07, 6.45) is 4.31. The van der Waals surface area contributed by atoms with E-state index in [2.05, 4.69) is 41.1 Å². The van der Waals surface area contributed by atoms with Crippen molar-refractivity contribution in [3.8, 4) is 5.75 Å². The van der Waals surface area contributed by atoms with Gasteiger partial charge in [0.1, 0.15) is 5.75 Å². The highest BCUT2D eigenvalue weighted by Crippen LogP contribution is 2.26. The number of fused-ring (bicyclic) bond motifs is 1. The number of ether oxygens (including phenoxy) is 1. The first-order valence-corrected chi connectivity index (χ1v) is 7.97. The molecule has 1 aromatic carbocycles. The minimum atomic E-state index is 0.886. The average molecular weight is 296 g/mol. The van der Waals surface area contributed by atoms with Gasteiger partial charge in [-0.25, -0.2) is 0 Å². The molecule has 22 heavy (non-hydrogen) atoms. The van der Waals surface area contributed by atoms with Crippen LogP contribution in [-0.4, -0.2) is 23.5 Å². The first-order chi connectivity index (χ1) is 10.7. The third-order valence-corrected chi connectivity index (χ3v) is 4.56. The molecule has 0 saturated heterocycles. The summed E-state index contributed by atoms with van der Waals surface area (Å²) in [4.78, 5) is 7.14. The molecule has 0 atom stereocenters. The van der Waals surface area contributed by atoms with Crippen molar-refractivity contribution in [1.82, 2.24) is 9.88 Å². The van der Waals surface area contributed by atoms with Gasteiger partial charge >= 0.3 is 0 Å². The molecule has 2 heterocycles. The number of benzene rings is 1. The largest absolute Gasteiger partial charge is 0.496 e. The van der Waals surface area contributed by atoms with Crippen molar-refractivity contribution in [2.24, 2.45) is 0 Å². The number of methoxy groups -OCH3 is 1. The molecule has 3 rings (SSSR count). The van der Waals surface area contributed by atoms with E-state index in [4.69, 9.17) is 4.74 Å². The van der Waals surface area contributed by atoms with E-state index in [0.717, 1.165) is 36.6 Å². The van der Waals surface area contributed by atoms with Gasteiger partial charge in [0.2, 0.25) is 0 Å². The summed E-state index contributed by atoms with van der Waals surface area (Å²) in [5, 5.41) is 0. The quantitative estimate of drug-likeness (QED) is 0.864. The number of hydrogen-bond donors (Lipinski definition) is 0. The molecule has 116 valence electrons. The summed E-state index contributed by atoms with van der Waals surface area (Å²) >= 11 is 0. The van der Waals surface area contributed by atoms with Crippen LogP contribution in [0.2, 0.25) is 0 Å². The number of aromatic nitrogens is 1. The second-order valence-electron chi connectivity index (χ2n) is 6.13. The molecule has 0 bridgehead atoms. The van der Waals surface area contributed by atoms with Crippen LogP contribution in [0.4, 0.5) is 0 Å². The van der Waals surface area contributed by atoms with Gasteiger partial charge in [-0.1, -0.05) is 24.3 Å². The Balaban J connectivity index is 1.82. The van der Waals surface area contributed by atoms with E-state index in [0.29, 0.717) is 0 Å². The van der Waals surface area contributed by atoms with Crippen molar-refractivity contribution in [2.45, 2.75) is 39.8 Å².